The Kier molecular flexibility index (Phi) is 3.81. The normalized spacial score (nSPS) is 12.2. The zero-order valence-electron chi connectivity index (χ0n) is 12.3. The minimum Gasteiger partial charge on any atom is -0.465 e. The lowest BCUT2D eigenvalue weighted by molar-refractivity contribution is 0.556. The minimum absolute atomic E-state index is 0.0838. The molecule has 3 rings (SSSR count). The monoisotopic (exact) mass is 316 g/mol. The fraction of sp³-hybridized carbons (Fsp3) is 0.267. The SMILES string of the molecule is CCC(CC)=c1[nH]n2c(=N)c(=Cc3ccco3)c(=O)nc-2s1. The fourth-order valence-electron chi connectivity index (χ4n) is 2.27. The molecule has 0 saturated heterocycles. The minimum atomic E-state index is -0.419. The summed E-state index contributed by atoms with van der Waals surface area (Å²) in [6.07, 6.45) is 4.91. The van der Waals surface area contributed by atoms with Crippen LogP contribution >= 0.6 is 11.3 Å². The van der Waals surface area contributed by atoms with Crippen molar-refractivity contribution in [2.24, 2.45) is 0 Å². The largest absolute Gasteiger partial charge is 0.465 e. The van der Waals surface area contributed by atoms with Gasteiger partial charge in [-0.05, 0) is 36.6 Å². The van der Waals surface area contributed by atoms with Gasteiger partial charge in [-0.2, -0.15) is 4.98 Å². The molecule has 0 aromatic carbocycles. The molecule has 114 valence electrons. The molecule has 0 aliphatic carbocycles. The maximum atomic E-state index is 12.2. The van der Waals surface area contributed by atoms with E-state index >= 15 is 0 Å². The van der Waals surface area contributed by atoms with E-state index in [1.165, 1.54) is 23.2 Å². The van der Waals surface area contributed by atoms with Crippen LogP contribution in [0.4, 0.5) is 0 Å². The molecule has 0 fully saturated rings. The van der Waals surface area contributed by atoms with Crippen molar-refractivity contribution in [3.63, 3.8) is 0 Å². The topological polar surface area (TPSA) is 87.7 Å². The molecule has 1 aromatic rings. The first-order valence-corrected chi connectivity index (χ1v) is 7.89. The molecule has 0 saturated carbocycles. The number of hydrogen-bond donors (Lipinski definition) is 2. The first kappa shape index (κ1) is 14.5. The molecule has 22 heavy (non-hydrogen) atoms. The lowest BCUT2D eigenvalue weighted by atomic mass is 10.2. The summed E-state index contributed by atoms with van der Waals surface area (Å²) in [6.45, 7) is 4.18. The fourth-order valence-corrected chi connectivity index (χ4v) is 3.38. The predicted octanol–water partition coefficient (Wildman–Crippen LogP) is 0.932. The van der Waals surface area contributed by atoms with Gasteiger partial charge in [0.25, 0.3) is 5.56 Å². The number of fused-ring (bicyclic) bond motifs is 1. The van der Waals surface area contributed by atoms with Crippen molar-refractivity contribution < 1.29 is 4.42 Å². The third kappa shape index (κ3) is 2.43. The van der Waals surface area contributed by atoms with Gasteiger partial charge in [0, 0.05) is 0 Å². The van der Waals surface area contributed by atoms with E-state index in [0.29, 0.717) is 10.9 Å². The van der Waals surface area contributed by atoms with Crippen molar-refractivity contribution in [1.29, 1.82) is 5.41 Å². The molecule has 2 aliphatic rings. The first-order valence-electron chi connectivity index (χ1n) is 7.07. The Bertz CT molecular complexity index is 986. The average Bonchev–Trinajstić information content (AvgIpc) is 3.14. The van der Waals surface area contributed by atoms with Crippen molar-refractivity contribution in [3.05, 3.63) is 49.9 Å². The molecule has 7 heteroatoms. The number of aromatic amines is 1. The van der Waals surface area contributed by atoms with E-state index in [-0.39, 0.29) is 10.7 Å². The van der Waals surface area contributed by atoms with Crippen molar-refractivity contribution >= 4 is 23.0 Å². The summed E-state index contributed by atoms with van der Waals surface area (Å²) < 4.78 is 7.71. The van der Waals surface area contributed by atoms with Gasteiger partial charge >= 0.3 is 0 Å². The average molecular weight is 316 g/mol. The number of hydrogen-bond acceptors (Lipinski definition) is 5. The lowest BCUT2D eigenvalue weighted by Gasteiger charge is -1.99. The maximum Gasteiger partial charge on any atom is 0.283 e. The highest BCUT2D eigenvalue weighted by Gasteiger charge is 2.11. The van der Waals surface area contributed by atoms with Crippen LogP contribution in [0.2, 0.25) is 0 Å². The number of rotatable bonds is 3. The van der Waals surface area contributed by atoms with Gasteiger partial charge in [0.15, 0.2) is 5.49 Å². The molecule has 2 N–H and O–H groups in total. The van der Waals surface area contributed by atoms with E-state index in [9.17, 15) is 4.79 Å². The van der Waals surface area contributed by atoms with Gasteiger partial charge in [0.05, 0.1) is 11.5 Å². The van der Waals surface area contributed by atoms with E-state index in [1.807, 2.05) is 0 Å². The van der Waals surface area contributed by atoms with Crippen molar-refractivity contribution in [2.45, 2.75) is 26.7 Å². The summed E-state index contributed by atoms with van der Waals surface area (Å²) in [5.74, 6) is 0.525. The quantitative estimate of drug-likeness (QED) is 0.753. The van der Waals surface area contributed by atoms with Gasteiger partial charge < -0.3 is 4.42 Å². The molecule has 3 heterocycles. The Morgan fingerprint density at radius 1 is 1.50 bits per heavy atom. The Hall–Kier alpha value is -2.41. The number of nitrogens with zero attached hydrogens (tertiary/aromatic N) is 2. The number of H-pyrrole nitrogens is 1. The zero-order valence-corrected chi connectivity index (χ0v) is 13.2. The molecular formula is C15H16N4O2S. The van der Waals surface area contributed by atoms with E-state index in [4.69, 9.17) is 9.83 Å². The Morgan fingerprint density at radius 3 is 2.91 bits per heavy atom. The lowest BCUT2D eigenvalue weighted by Crippen LogP contribution is -2.47. The smallest absolute Gasteiger partial charge is 0.283 e. The second kappa shape index (κ2) is 5.76. The van der Waals surface area contributed by atoms with Crippen molar-refractivity contribution in [2.75, 3.05) is 0 Å². The second-order valence-corrected chi connectivity index (χ2v) is 5.79. The van der Waals surface area contributed by atoms with Gasteiger partial charge in [-0.25, -0.2) is 4.68 Å². The molecule has 6 nitrogen and oxygen atoms in total. The summed E-state index contributed by atoms with van der Waals surface area (Å²) in [5, 5.41) is 12.2. The maximum absolute atomic E-state index is 12.2. The van der Waals surface area contributed by atoms with Crippen LogP contribution in [-0.2, 0) is 0 Å². The van der Waals surface area contributed by atoms with Crippen LogP contribution in [0.15, 0.2) is 27.6 Å². The van der Waals surface area contributed by atoms with Crippen LogP contribution in [0, 0.1) is 5.41 Å². The third-order valence-corrected chi connectivity index (χ3v) is 4.55. The van der Waals surface area contributed by atoms with E-state index in [1.54, 1.807) is 22.9 Å². The molecular weight excluding hydrogens is 300 g/mol. The summed E-state index contributed by atoms with van der Waals surface area (Å²) in [5.41, 5.74) is 0.914. The van der Waals surface area contributed by atoms with Crippen molar-refractivity contribution in [3.8, 4) is 5.13 Å². The van der Waals surface area contributed by atoms with Crippen LogP contribution in [0.25, 0.3) is 16.8 Å². The molecule has 0 unspecified atom stereocenters. The first-order chi connectivity index (χ1) is 10.6. The molecule has 1 aromatic heterocycles. The van der Waals surface area contributed by atoms with E-state index in [2.05, 4.69) is 23.9 Å². The Labute approximate surface area is 129 Å². The van der Waals surface area contributed by atoms with Gasteiger partial charge in [0.1, 0.15) is 10.4 Å². The van der Waals surface area contributed by atoms with Crippen LogP contribution in [0.1, 0.15) is 32.4 Å². The van der Waals surface area contributed by atoms with Crippen LogP contribution in [0.5, 0.6) is 0 Å². The summed E-state index contributed by atoms with van der Waals surface area (Å²) >= 11 is 1.40. The molecule has 0 amide bonds. The molecule has 0 bridgehead atoms. The molecule has 0 atom stereocenters. The zero-order chi connectivity index (χ0) is 15.7. The van der Waals surface area contributed by atoms with Gasteiger partial charge in [-0.1, -0.05) is 25.2 Å². The van der Waals surface area contributed by atoms with Gasteiger partial charge in [-0.3, -0.25) is 15.3 Å². The van der Waals surface area contributed by atoms with E-state index < -0.39 is 5.56 Å². The van der Waals surface area contributed by atoms with E-state index in [0.717, 1.165) is 17.5 Å². The number of nitrogens with one attached hydrogen (secondary N) is 2. The molecule has 2 aliphatic heterocycles. The number of furan rings is 1. The summed E-state index contributed by atoms with van der Waals surface area (Å²) in [7, 11) is 0. The molecule has 0 radical (unpaired) electrons. The predicted molar refractivity (Wildman–Crippen MR) is 84.6 cm³/mol. The van der Waals surface area contributed by atoms with Gasteiger partial charge in [-0.15, -0.1) is 0 Å². The van der Waals surface area contributed by atoms with Crippen molar-refractivity contribution in [1.82, 2.24) is 14.8 Å². The third-order valence-electron chi connectivity index (χ3n) is 3.51. The van der Waals surface area contributed by atoms with Crippen LogP contribution in [0.3, 0.4) is 0 Å². The highest BCUT2D eigenvalue weighted by molar-refractivity contribution is 7.11. The Morgan fingerprint density at radius 2 is 2.27 bits per heavy atom. The summed E-state index contributed by atoms with van der Waals surface area (Å²) in [4.78, 5) is 16.2. The van der Waals surface area contributed by atoms with Crippen LogP contribution < -0.4 is 20.9 Å². The van der Waals surface area contributed by atoms with Gasteiger partial charge in [0.2, 0.25) is 5.13 Å². The number of aromatic nitrogens is 3. The highest BCUT2D eigenvalue weighted by atomic mass is 32.1. The standard InChI is InChI=1S/C15H16N4O2S/c1-3-9(4-2)14-18-19-12(16)11(8-10-6-5-7-21-10)13(20)17-15(19)22-14/h5-8,16,18H,3-4H2,1-2H3. The molecule has 0 spiro atoms. The Balaban J connectivity index is 2.36. The highest BCUT2D eigenvalue weighted by Crippen LogP contribution is 2.08. The van der Waals surface area contributed by atoms with Crippen LogP contribution in [-0.4, -0.2) is 14.8 Å². The second-order valence-electron chi connectivity index (χ2n) is 4.81. The summed E-state index contributed by atoms with van der Waals surface area (Å²) in [6, 6.07) is 3.47.